The summed E-state index contributed by atoms with van der Waals surface area (Å²) in [6, 6.07) is 8.10. The molecule has 0 spiro atoms. The van der Waals surface area contributed by atoms with Crippen LogP contribution in [0.5, 0.6) is 0 Å². The van der Waals surface area contributed by atoms with Crippen molar-refractivity contribution in [3.63, 3.8) is 0 Å². The predicted octanol–water partition coefficient (Wildman–Crippen LogP) is 4.07. The lowest BCUT2D eigenvalue weighted by atomic mass is 9.89. The van der Waals surface area contributed by atoms with Gasteiger partial charge in [-0.15, -0.1) is 0 Å². The van der Waals surface area contributed by atoms with Crippen molar-refractivity contribution >= 4 is 22.8 Å². The fraction of sp³-hybridized carbons (Fsp3) is 0.640. The molecule has 1 aromatic heterocycles. The minimum atomic E-state index is 0.201. The zero-order chi connectivity index (χ0) is 21.5. The van der Waals surface area contributed by atoms with Gasteiger partial charge in [-0.2, -0.15) is 0 Å². The average Bonchev–Trinajstić information content (AvgIpc) is 3.45. The Kier molecular flexibility index (Phi) is 7.60. The number of unbranched alkanes of at least 4 members (excludes halogenated alkanes) is 2. The van der Waals surface area contributed by atoms with Crippen LogP contribution in [0.4, 0.5) is 0 Å². The highest BCUT2D eigenvalue weighted by molar-refractivity contribution is 5.81. The fourth-order valence-electron chi connectivity index (χ4n) is 5.00. The standard InChI is InChI=1S/C25H36N4O2/c30-24(28-17-9-10-18-28)19-29-22-14-7-6-13-21(22)27-23(29)15-5-2-8-16-26-25(31)20-11-3-1-4-12-20/h6-7,13-14,20H,1-5,8-12,15-19H2,(H,26,31). The second-order valence-corrected chi connectivity index (χ2v) is 9.13. The van der Waals surface area contributed by atoms with Gasteiger partial charge in [0, 0.05) is 32.0 Å². The number of nitrogens with one attached hydrogen (secondary N) is 1. The number of rotatable bonds is 9. The van der Waals surface area contributed by atoms with Gasteiger partial charge in [0.05, 0.1) is 11.0 Å². The highest BCUT2D eigenvalue weighted by atomic mass is 16.2. The Morgan fingerprint density at radius 3 is 2.55 bits per heavy atom. The molecule has 4 rings (SSSR count). The van der Waals surface area contributed by atoms with Crippen molar-refractivity contribution in [2.75, 3.05) is 19.6 Å². The average molecular weight is 425 g/mol. The van der Waals surface area contributed by atoms with Crippen molar-refractivity contribution in [1.29, 1.82) is 0 Å². The van der Waals surface area contributed by atoms with Crippen molar-refractivity contribution in [2.24, 2.45) is 5.92 Å². The molecule has 168 valence electrons. The number of para-hydroxylation sites is 2. The summed E-state index contributed by atoms with van der Waals surface area (Å²) in [6.45, 7) is 2.91. The van der Waals surface area contributed by atoms with Crippen LogP contribution < -0.4 is 5.32 Å². The van der Waals surface area contributed by atoms with E-state index in [2.05, 4.69) is 16.0 Å². The molecular weight excluding hydrogens is 388 g/mol. The molecule has 2 heterocycles. The maximum atomic E-state index is 12.8. The summed E-state index contributed by atoms with van der Waals surface area (Å²) in [5.74, 6) is 1.69. The number of likely N-dealkylation sites (tertiary alicyclic amines) is 1. The van der Waals surface area contributed by atoms with Gasteiger partial charge in [0.25, 0.3) is 0 Å². The molecule has 2 fully saturated rings. The minimum absolute atomic E-state index is 0.201. The second-order valence-electron chi connectivity index (χ2n) is 9.13. The number of aromatic nitrogens is 2. The summed E-state index contributed by atoms with van der Waals surface area (Å²) in [4.78, 5) is 31.8. The van der Waals surface area contributed by atoms with Crippen LogP contribution in [0.25, 0.3) is 11.0 Å². The van der Waals surface area contributed by atoms with Crippen molar-refractivity contribution < 1.29 is 9.59 Å². The summed E-state index contributed by atoms with van der Waals surface area (Å²) in [5.41, 5.74) is 2.01. The quantitative estimate of drug-likeness (QED) is 0.617. The summed E-state index contributed by atoms with van der Waals surface area (Å²) in [5, 5.41) is 3.13. The molecule has 1 saturated heterocycles. The topological polar surface area (TPSA) is 67.2 Å². The van der Waals surface area contributed by atoms with E-state index in [1.807, 2.05) is 23.1 Å². The molecule has 0 radical (unpaired) electrons. The molecule has 2 aliphatic rings. The van der Waals surface area contributed by atoms with Crippen LogP contribution >= 0.6 is 0 Å². The van der Waals surface area contributed by atoms with Gasteiger partial charge in [0.15, 0.2) is 0 Å². The lowest BCUT2D eigenvalue weighted by molar-refractivity contribution is -0.130. The predicted molar refractivity (Wildman–Crippen MR) is 123 cm³/mol. The van der Waals surface area contributed by atoms with E-state index in [0.29, 0.717) is 6.54 Å². The van der Waals surface area contributed by atoms with Crippen LogP contribution in [0, 0.1) is 5.92 Å². The van der Waals surface area contributed by atoms with E-state index < -0.39 is 0 Å². The first-order chi connectivity index (χ1) is 15.2. The van der Waals surface area contributed by atoms with Gasteiger partial charge in [-0.25, -0.2) is 4.98 Å². The first-order valence-corrected chi connectivity index (χ1v) is 12.2. The fourth-order valence-corrected chi connectivity index (χ4v) is 5.00. The number of aryl methyl sites for hydroxylation is 1. The SMILES string of the molecule is O=C(NCCCCCc1nc2ccccc2n1CC(=O)N1CCCC1)C1CCCCC1. The Labute approximate surface area is 185 Å². The van der Waals surface area contributed by atoms with E-state index in [1.165, 1.54) is 19.3 Å². The van der Waals surface area contributed by atoms with Crippen LogP contribution in [0.15, 0.2) is 24.3 Å². The summed E-state index contributed by atoms with van der Waals surface area (Å²) < 4.78 is 2.11. The first-order valence-electron chi connectivity index (χ1n) is 12.2. The first kappa shape index (κ1) is 21.8. The Bertz CT molecular complexity index is 879. The molecule has 1 saturated carbocycles. The summed E-state index contributed by atoms with van der Waals surface area (Å²) in [7, 11) is 0. The maximum absolute atomic E-state index is 12.8. The van der Waals surface area contributed by atoms with E-state index in [0.717, 1.165) is 87.9 Å². The number of imidazole rings is 1. The molecule has 1 aromatic carbocycles. The number of benzene rings is 1. The van der Waals surface area contributed by atoms with E-state index >= 15 is 0 Å². The van der Waals surface area contributed by atoms with Crippen molar-refractivity contribution in [1.82, 2.24) is 19.8 Å². The van der Waals surface area contributed by atoms with Crippen molar-refractivity contribution in [3.8, 4) is 0 Å². The molecule has 31 heavy (non-hydrogen) atoms. The van der Waals surface area contributed by atoms with Crippen LogP contribution in [0.1, 0.15) is 70.0 Å². The molecule has 6 nitrogen and oxygen atoms in total. The molecule has 2 amide bonds. The van der Waals surface area contributed by atoms with Crippen LogP contribution in [0.2, 0.25) is 0 Å². The van der Waals surface area contributed by atoms with Gasteiger partial charge >= 0.3 is 0 Å². The molecular formula is C25H36N4O2. The normalized spacial score (nSPS) is 17.4. The summed E-state index contributed by atoms with van der Waals surface area (Å²) >= 11 is 0. The number of fused-ring (bicyclic) bond motifs is 1. The van der Waals surface area contributed by atoms with Crippen molar-refractivity contribution in [3.05, 3.63) is 30.1 Å². The zero-order valence-corrected chi connectivity index (χ0v) is 18.7. The molecule has 1 N–H and O–H groups in total. The molecule has 1 aliphatic heterocycles. The Morgan fingerprint density at radius 1 is 0.968 bits per heavy atom. The number of amides is 2. The third-order valence-electron chi connectivity index (χ3n) is 6.84. The molecule has 1 aliphatic carbocycles. The van der Waals surface area contributed by atoms with Crippen LogP contribution in [-0.4, -0.2) is 45.9 Å². The number of carbonyl (C=O) groups excluding carboxylic acids is 2. The Morgan fingerprint density at radius 2 is 1.74 bits per heavy atom. The number of nitrogens with zero attached hydrogens (tertiary/aromatic N) is 3. The van der Waals surface area contributed by atoms with Gasteiger partial charge in [-0.3, -0.25) is 9.59 Å². The lowest BCUT2D eigenvalue weighted by Gasteiger charge is -2.20. The van der Waals surface area contributed by atoms with Gasteiger partial charge in [-0.05, 0) is 50.7 Å². The number of hydrogen-bond donors (Lipinski definition) is 1. The maximum Gasteiger partial charge on any atom is 0.242 e. The monoisotopic (exact) mass is 424 g/mol. The lowest BCUT2D eigenvalue weighted by Crippen LogP contribution is -2.32. The molecule has 0 unspecified atom stereocenters. The third kappa shape index (κ3) is 5.66. The molecule has 0 bridgehead atoms. The second kappa shape index (κ2) is 10.8. The van der Waals surface area contributed by atoms with Crippen LogP contribution in [-0.2, 0) is 22.6 Å². The summed E-state index contributed by atoms with van der Waals surface area (Å²) in [6.07, 6.45) is 11.9. The van der Waals surface area contributed by atoms with Crippen molar-refractivity contribution in [2.45, 2.75) is 77.2 Å². The molecule has 2 aromatic rings. The number of carbonyl (C=O) groups is 2. The van der Waals surface area contributed by atoms with Gasteiger partial charge in [-0.1, -0.05) is 37.8 Å². The van der Waals surface area contributed by atoms with Gasteiger partial charge in [0.1, 0.15) is 12.4 Å². The molecule has 0 atom stereocenters. The van der Waals surface area contributed by atoms with E-state index in [1.54, 1.807) is 0 Å². The largest absolute Gasteiger partial charge is 0.356 e. The number of hydrogen-bond acceptors (Lipinski definition) is 3. The minimum Gasteiger partial charge on any atom is -0.356 e. The smallest absolute Gasteiger partial charge is 0.242 e. The highest BCUT2D eigenvalue weighted by Crippen LogP contribution is 2.23. The van der Waals surface area contributed by atoms with Crippen LogP contribution in [0.3, 0.4) is 0 Å². The van der Waals surface area contributed by atoms with E-state index in [-0.39, 0.29) is 17.7 Å². The highest BCUT2D eigenvalue weighted by Gasteiger charge is 2.21. The Balaban J connectivity index is 1.26. The third-order valence-corrected chi connectivity index (χ3v) is 6.84. The zero-order valence-electron chi connectivity index (χ0n) is 18.7. The van der Waals surface area contributed by atoms with E-state index in [9.17, 15) is 9.59 Å². The van der Waals surface area contributed by atoms with E-state index in [4.69, 9.17) is 4.98 Å². The Hall–Kier alpha value is -2.37. The van der Waals surface area contributed by atoms with Gasteiger partial charge in [0.2, 0.25) is 11.8 Å². The molecule has 6 heteroatoms. The van der Waals surface area contributed by atoms with Gasteiger partial charge < -0.3 is 14.8 Å².